The SMILES string of the molecule is CCCCCCCNC(=O)N(C)c1cc(-c2ccccc2)ccc1CC(OCCC)C(=O)O. The number of ether oxygens (including phenoxy) is 1. The zero-order chi connectivity index (χ0) is 24.1. The summed E-state index contributed by atoms with van der Waals surface area (Å²) in [5.74, 6) is -0.999. The molecule has 0 saturated heterocycles. The first-order chi connectivity index (χ1) is 16.0. The third-order valence-corrected chi connectivity index (χ3v) is 5.62. The van der Waals surface area contributed by atoms with Crippen LogP contribution in [-0.2, 0) is 16.0 Å². The number of hydrogen-bond donors (Lipinski definition) is 2. The molecule has 0 aliphatic rings. The van der Waals surface area contributed by atoms with Crippen LogP contribution in [0.3, 0.4) is 0 Å². The normalized spacial score (nSPS) is 11.7. The molecule has 0 radical (unpaired) electrons. The highest BCUT2D eigenvalue weighted by molar-refractivity contribution is 5.93. The summed E-state index contributed by atoms with van der Waals surface area (Å²) in [7, 11) is 1.72. The maximum absolute atomic E-state index is 12.9. The van der Waals surface area contributed by atoms with Crippen LogP contribution in [0, 0.1) is 0 Å². The lowest BCUT2D eigenvalue weighted by atomic mass is 9.98. The molecule has 2 N–H and O–H groups in total. The van der Waals surface area contributed by atoms with Gasteiger partial charge in [0.1, 0.15) is 0 Å². The van der Waals surface area contributed by atoms with Crippen molar-refractivity contribution >= 4 is 17.7 Å². The van der Waals surface area contributed by atoms with Crippen LogP contribution < -0.4 is 10.2 Å². The van der Waals surface area contributed by atoms with Crippen LogP contribution in [0.4, 0.5) is 10.5 Å². The van der Waals surface area contributed by atoms with Crippen LogP contribution in [0.25, 0.3) is 11.1 Å². The number of anilines is 1. The van der Waals surface area contributed by atoms with Gasteiger partial charge in [0.15, 0.2) is 6.10 Å². The number of carbonyl (C=O) groups excluding carboxylic acids is 1. The van der Waals surface area contributed by atoms with Crippen molar-refractivity contribution in [3.05, 3.63) is 54.1 Å². The Labute approximate surface area is 198 Å². The van der Waals surface area contributed by atoms with Crippen molar-refractivity contribution < 1.29 is 19.4 Å². The maximum atomic E-state index is 12.9. The van der Waals surface area contributed by atoms with Gasteiger partial charge in [0.25, 0.3) is 0 Å². The van der Waals surface area contributed by atoms with Gasteiger partial charge in [-0.2, -0.15) is 0 Å². The van der Waals surface area contributed by atoms with E-state index in [1.807, 2.05) is 55.5 Å². The van der Waals surface area contributed by atoms with Crippen LogP contribution in [0.1, 0.15) is 57.9 Å². The third-order valence-electron chi connectivity index (χ3n) is 5.62. The number of carboxylic acids is 1. The van der Waals surface area contributed by atoms with E-state index in [4.69, 9.17) is 4.74 Å². The number of nitrogens with zero attached hydrogens (tertiary/aromatic N) is 1. The monoisotopic (exact) mass is 454 g/mol. The molecule has 0 fully saturated rings. The Kier molecular flexibility index (Phi) is 11.5. The number of aliphatic carboxylic acids is 1. The second-order valence-electron chi connectivity index (χ2n) is 8.32. The zero-order valence-corrected chi connectivity index (χ0v) is 20.2. The van der Waals surface area contributed by atoms with E-state index in [2.05, 4.69) is 12.2 Å². The number of unbranched alkanes of at least 4 members (excludes halogenated alkanes) is 4. The van der Waals surface area contributed by atoms with Gasteiger partial charge in [-0.3, -0.25) is 4.90 Å². The fourth-order valence-corrected chi connectivity index (χ4v) is 3.69. The first-order valence-electron chi connectivity index (χ1n) is 12.0. The first-order valence-corrected chi connectivity index (χ1v) is 12.0. The van der Waals surface area contributed by atoms with E-state index in [1.54, 1.807) is 11.9 Å². The summed E-state index contributed by atoms with van der Waals surface area (Å²) < 4.78 is 5.56. The van der Waals surface area contributed by atoms with Gasteiger partial charge in [0.05, 0.1) is 0 Å². The molecule has 1 atom stereocenters. The zero-order valence-electron chi connectivity index (χ0n) is 20.2. The Hall–Kier alpha value is -2.86. The van der Waals surface area contributed by atoms with Crippen molar-refractivity contribution in [2.24, 2.45) is 0 Å². The van der Waals surface area contributed by atoms with Gasteiger partial charge in [0.2, 0.25) is 0 Å². The standard InChI is InChI=1S/C27H38N2O4/c1-4-6-7-8-12-17-28-27(32)29(3)24-19-22(21-13-10-9-11-14-21)15-16-23(24)20-25(26(30)31)33-18-5-2/h9-11,13-16,19,25H,4-8,12,17-18,20H2,1-3H3,(H,28,32)(H,30,31). The van der Waals surface area contributed by atoms with Gasteiger partial charge in [-0.05, 0) is 35.6 Å². The molecule has 0 aliphatic heterocycles. The molecule has 33 heavy (non-hydrogen) atoms. The molecule has 0 heterocycles. The molecule has 6 heteroatoms. The smallest absolute Gasteiger partial charge is 0.333 e. The number of rotatable bonds is 14. The van der Waals surface area contributed by atoms with E-state index in [9.17, 15) is 14.7 Å². The van der Waals surface area contributed by atoms with E-state index in [-0.39, 0.29) is 12.5 Å². The van der Waals surface area contributed by atoms with E-state index < -0.39 is 12.1 Å². The number of carboxylic acid groups (broad SMARTS) is 1. The lowest BCUT2D eigenvalue weighted by Crippen LogP contribution is -2.38. The van der Waals surface area contributed by atoms with Gasteiger partial charge in [0, 0.05) is 32.3 Å². The van der Waals surface area contributed by atoms with Crippen LogP contribution >= 0.6 is 0 Å². The number of amides is 2. The molecule has 2 rings (SSSR count). The van der Waals surface area contributed by atoms with E-state index in [0.717, 1.165) is 36.0 Å². The minimum Gasteiger partial charge on any atom is -0.479 e. The molecule has 0 saturated carbocycles. The van der Waals surface area contributed by atoms with Crippen LogP contribution in [0.2, 0.25) is 0 Å². The molecule has 2 aromatic carbocycles. The van der Waals surface area contributed by atoms with E-state index in [0.29, 0.717) is 18.8 Å². The maximum Gasteiger partial charge on any atom is 0.333 e. The highest BCUT2D eigenvalue weighted by Gasteiger charge is 2.23. The molecule has 2 amide bonds. The highest BCUT2D eigenvalue weighted by atomic mass is 16.5. The number of nitrogens with one attached hydrogen (secondary N) is 1. The molecule has 1 unspecified atom stereocenters. The predicted octanol–water partition coefficient (Wildman–Crippen LogP) is 5.89. The van der Waals surface area contributed by atoms with Crippen LogP contribution in [0.15, 0.2) is 48.5 Å². The summed E-state index contributed by atoms with van der Waals surface area (Å²) in [5, 5.41) is 12.6. The van der Waals surface area contributed by atoms with Crippen molar-refractivity contribution in [2.75, 3.05) is 25.1 Å². The molecular weight excluding hydrogens is 416 g/mol. The van der Waals surface area contributed by atoms with Crippen molar-refractivity contribution in [3.63, 3.8) is 0 Å². The van der Waals surface area contributed by atoms with Crippen molar-refractivity contribution in [1.82, 2.24) is 5.32 Å². The summed E-state index contributed by atoms with van der Waals surface area (Å²) in [6.45, 7) is 5.13. The molecule has 0 aromatic heterocycles. The Morgan fingerprint density at radius 2 is 1.70 bits per heavy atom. The lowest BCUT2D eigenvalue weighted by molar-refractivity contribution is -0.150. The molecule has 2 aromatic rings. The highest BCUT2D eigenvalue weighted by Crippen LogP contribution is 2.29. The number of hydrogen-bond acceptors (Lipinski definition) is 3. The lowest BCUT2D eigenvalue weighted by Gasteiger charge is -2.24. The second kappa shape index (κ2) is 14.3. The average molecular weight is 455 g/mol. The minimum absolute atomic E-state index is 0.189. The summed E-state index contributed by atoms with van der Waals surface area (Å²) in [6.07, 6.45) is 5.60. The van der Waals surface area contributed by atoms with Gasteiger partial charge in [-0.15, -0.1) is 0 Å². The summed E-state index contributed by atoms with van der Waals surface area (Å²) in [4.78, 5) is 26.2. The average Bonchev–Trinajstić information content (AvgIpc) is 2.83. The van der Waals surface area contributed by atoms with Crippen molar-refractivity contribution in [2.45, 2.75) is 64.9 Å². The predicted molar refractivity (Wildman–Crippen MR) is 134 cm³/mol. The molecule has 0 bridgehead atoms. The summed E-state index contributed by atoms with van der Waals surface area (Å²) in [6, 6.07) is 15.5. The molecular formula is C27H38N2O4. The summed E-state index contributed by atoms with van der Waals surface area (Å²) in [5.41, 5.74) is 3.45. The first kappa shape index (κ1) is 26.4. The number of urea groups is 1. The third kappa shape index (κ3) is 8.54. The van der Waals surface area contributed by atoms with E-state index >= 15 is 0 Å². The topological polar surface area (TPSA) is 78.9 Å². The fourth-order valence-electron chi connectivity index (χ4n) is 3.69. The van der Waals surface area contributed by atoms with Crippen molar-refractivity contribution in [1.29, 1.82) is 0 Å². The minimum atomic E-state index is -0.999. The Bertz CT molecular complexity index is 870. The number of benzene rings is 2. The molecule has 180 valence electrons. The van der Waals surface area contributed by atoms with Crippen LogP contribution in [-0.4, -0.2) is 43.4 Å². The Balaban J connectivity index is 2.23. The van der Waals surface area contributed by atoms with Gasteiger partial charge in [-0.1, -0.05) is 82.0 Å². The second-order valence-corrected chi connectivity index (χ2v) is 8.32. The van der Waals surface area contributed by atoms with Crippen LogP contribution in [0.5, 0.6) is 0 Å². The molecule has 0 aliphatic carbocycles. The number of carbonyl (C=O) groups is 2. The largest absolute Gasteiger partial charge is 0.479 e. The Morgan fingerprint density at radius 3 is 2.36 bits per heavy atom. The fraction of sp³-hybridized carbons (Fsp3) is 0.481. The molecule has 6 nitrogen and oxygen atoms in total. The van der Waals surface area contributed by atoms with Gasteiger partial charge in [-0.25, -0.2) is 9.59 Å². The quantitative estimate of drug-likeness (QED) is 0.349. The summed E-state index contributed by atoms with van der Waals surface area (Å²) >= 11 is 0. The Morgan fingerprint density at radius 1 is 0.970 bits per heavy atom. The van der Waals surface area contributed by atoms with Crippen molar-refractivity contribution in [3.8, 4) is 11.1 Å². The van der Waals surface area contributed by atoms with Gasteiger partial charge >= 0.3 is 12.0 Å². The van der Waals surface area contributed by atoms with Gasteiger partial charge < -0.3 is 15.2 Å². The molecule has 0 spiro atoms. The van der Waals surface area contributed by atoms with E-state index in [1.165, 1.54) is 19.3 Å².